The number of nitro benzene ring substituents is 1. The predicted molar refractivity (Wildman–Crippen MR) is 48.6 cm³/mol. The van der Waals surface area contributed by atoms with Gasteiger partial charge in [0.05, 0.1) is 4.92 Å². The Morgan fingerprint density at radius 3 is 2.71 bits per heavy atom. The minimum Gasteiger partial charge on any atom is -0.508 e. The van der Waals surface area contributed by atoms with Gasteiger partial charge in [-0.2, -0.15) is 0 Å². The van der Waals surface area contributed by atoms with E-state index in [2.05, 4.69) is 0 Å². The minimum atomic E-state index is -1.34. The number of rotatable bonds is 2. The maximum Gasteiger partial charge on any atom is 0.270 e. The van der Waals surface area contributed by atoms with E-state index in [0.717, 1.165) is 18.2 Å². The molecule has 5 heteroatoms. The highest BCUT2D eigenvalue weighted by molar-refractivity contribution is 5.45. The highest BCUT2D eigenvalue weighted by atomic mass is 16.6. The number of nitrogens with zero attached hydrogens (tertiary/aromatic N) is 1. The molecule has 0 aliphatic heterocycles. The van der Waals surface area contributed by atoms with Gasteiger partial charge >= 0.3 is 0 Å². The number of terminal acetylenes is 1. The van der Waals surface area contributed by atoms with Gasteiger partial charge in [-0.25, -0.2) is 0 Å². The molecular formula is C9H7NO4. The SMILES string of the molecule is C#CC(O)c1cc([N+](=O)[O-])ccc1O. The molecule has 1 aromatic rings. The van der Waals surface area contributed by atoms with Crippen LogP contribution >= 0.6 is 0 Å². The van der Waals surface area contributed by atoms with Crippen molar-refractivity contribution < 1.29 is 15.1 Å². The summed E-state index contributed by atoms with van der Waals surface area (Å²) < 4.78 is 0. The second-order valence-corrected chi connectivity index (χ2v) is 2.57. The molecule has 1 unspecified atom stereocenters. The number of hydrogen-bond donors (Lipinski definition) is 2. The van der Waals surface area contributed by atoms with E-state index in [1.54, 1.807) is 0 Å². The van der Waals surface area contributed by atoms with Crippen LogP contribution in [0.4, 0.5) is 5.69 Å². The van der Waals surface area contributed by atoms with E-state index < -0.39 is 11.0 Å². The first kappa shape index (κ1) is 10.0. The van der Waals surface area contributed by atoms with Crippen molar-refractivity contribution in [2.45, 2.75) is 6.10 Å². The summed E-state index contributed by atoms with van der Waals surface area (Å²) in [5.74, 6) is 1.70. The van der Waals surface area contributed by atoms with Crippen LogP contribution in [-0.4, -0.2) is 15.1 Å². The molecule has 0 bridgehead atoms. The fourth-order valence-electron chi connectivity index (χ4n) is 0.964. The summed E-state index contributed by atoms with van der Waals surface area (Å²) in [5, 5.41) is 28.8. The van der Waals surface area contributed by atoms with Crippen molar-refractivity contribution in [1.29, 1.82) is 0 Å². The lowest BCUT2D eigenvalue weighted by Crippen LogP contribution is -1.96. The number of aliphatic hydroxyl groups excluding tert-OH is 1. The normalized spacial score (nSPS) is 11.7. The van der Waals surface area contributed by atoms with Crippen molar-refractivity contribution in [3.63, 3.8) is 0 Å². The monoisotopic (exact) mass is 193 g/mol. The Labute approximate surface area is 79.8 Å². The van der Waals surface area contributed by atoms with Gasteiger partial charge in [0.2, 0.25) is 0 Å². The van der Waals surface area contributed by atoms with Gasteiger partial charge in [0.25, 0.3) is 5.69 Å². The largest absolute Gasteiger partial charge is 0.508 e. The lowest BCUT2D eigenvalue weighted by atomic mass is 10.1. The summed E-state index contributed by atoms with van der Waals surface area (Å²) in [6.07, 6.45) is 3.58. The number of phenolic OH excluding ortho intramolecular Hbond substituents is 1. The number of aromatic hydroxyl groups is 1. The van der Waals surface area contributed by atoms with Crippen molar-refractivity contribution in [1.82, 2.24) is 0 Å². The molecule has 1 aromatic carbocycles. The molecule has 0 spiro atoms. The number of non-ortho nitro benzene ring substituents is 1. The first-order chi connectivity index (χ1) is 6.56. The Morgan fingerprint density at radius 1 is 1.57 bits per heavy atom. The molecule has 0 aliphatic rings. The quantitative estimate of drug-likeness (QED) is 0.416. The molecule has 0 amide bonds. The van der Waals surface area contributed by atoms with E-state index in [1.165, 1.54) is 0 Å². The van der Waals surface area contributed by atoms with Crippen molar-refractivity contribution in [2.75, 3.05) is 0 Å². The lowest BCUT2D eigenvalue weighted by molar-refractivity contribution is -0.385. The van der Waals surface area contributed by atoms with E-state index >= 15 is 0 Å². The van der Waals surface area contributed by atoms with E-state index in [1.807, 2.05) is 5.92 Å². The summed E-state index contributed by atoms with van der Waals surface area (Å²) in [5.41, 5.74) is -0.270. The zero-order chi connectivity index (χ0) is 10.7. The zero-order valence-corrected chi connectivity index (χ0v) is 7.04. The maximum atomic E-state index is 10.4. The van der Waals surface area contributed by atoms with Crippen LogP contribution in [0.1, 0.15) is 11.7 Å². The molecule has 72 valence electrons. The molecule has 0 saturated heterocycles. The van der Waals surface area contributed by atoms with Crippen molar-refractivity contribution in [2.24, 2.45) is 0 Å². The van der Waals surface area contributed by atoms with Crippen molar-refractivity contribution in [3.05, 3.63) is 33.9 Å². The topological polar surface area (TPSA) is 83.6 Å². The van der Waals surface area contributed by atoms with Crippen LogP contribution in [0, 0.1) is 22.5 Å². The Bertz CT molecular complexity index is 408. The van der Waals surface area contributed by atoms with E-state index in [9.17, 15) is 20.3 Å². The highest BCUT2D eigenvalue weighted by Crippen LogP contribution is 2.27. The molecule has 0 fully saturated rings. The number of phenols is 1. The fourth-order valence-corrected chi connectivity index (χ4v) is 0.964. The standard InChI is InChI=1S/C9H7NO4/c1-2-8(11)7-5-6(10(13)14)3-4-9(7)12/h1,3-5,8,11-12H. The van der Waals surface area contributed by atoms with Gasteiger partial charge in [0, 0.05) is 17.7 Å². The van der Waals surface area contributed by atoms with Crippen LogP contribution in [0.25, 0.3) is 0 Å². The van der Waals surface area contributed by atoms with E-state index in [0.29, 0.717) is 0 Å². The van der Waals surface area contributed by atoms with Crippen molar-refractivity contribution in [3.8, 4) is 18.1 Å². The average Bonchev–Trinajstić information content (AvgIpc) is 2.17. The van der Waals surface area contributed by atoms with Crippen LogP contribution in [0.5, 0.6) is 5.75 Å². The van der Waals surface area contributed by atoms with E-state index in [4.69, 9.17) is 6.42 Å². The maximum absolute atomic E-state index is 10.4. The molecule has 5 nitrogen and oxygen atoms in total. The summed E-state index contributed by atoms with van der Waals surface area (Å²) in [6.45, 7) is 0. The number of aliphatic hydroxyl groups is 1. The number of benzene rings is 1. The Morgan fingerprint density at radius 2 is 2.21 bits per heavy atom. The second-order valence-electron chi connectivity index (χ2n) is 2.57. The van der Waals surface area contributed by atoms with Crippen LogP contribution < -0.4 is 0 Å². The molecule has 14 heavy (non-hydrogen) atoms. The highest BCUT2D eigenvalue weighted by Gasteiger charge is 2.14. The van der Waals surface area contributed by atoms with Gasteiger partial charge in [-0.1, -0.05) is 5.92 Å². The number of nitro groups is 1. The third-order valence-corrected chi connectivity index (χ3v) is 1.67. The van der Waals surface area contributed by atoms with Gasteiger partial charge in [-0.05, 0) is 6.07 Å². The molecule has 0 saturated carbocycles. The van der Waals surface area contributed by atoms with Crippen molar-refractivity contribution >= 4 is 5.69 Å². The Balaban J connectivity index is 3.23. The summed E-state index contributed by atoms with van der Waals surface area (Å²) in [6, 6.07) is 3.29. The minimum absolute atomic E-state index is 0.0401. The third kappa shape index (κ3) is 1.81. The van der Waals surface area contributed by atoms with Gasteiger partial charge in [0.15, 0.2) is 0 Å². The summed E-state index contributed by atoms with van der Waals surface area (Å²) >= 11 is 0. The molecular weight excluding hydrogens is 186 g/mol. The molecule has 1 atom stereocenters. The van der Waals surface area contributed by atoms with Gasteiger partial charge in [0.1, 0.15) is 11.9 Å². The van der Waals surface area contributed by atoms with Crippen LogP contribution in [0.15, 0.2) is 18.2 Å². The second kappa shape index (κ2) is 3.77. The Kier molecular flexibility index (Phi) is 2.70. The van der Waals surface area contributed by atoms with Gasteiger partial charge < -0.3 is 10.2 Å². The first-order valence-corrected chi connectivity index (χ1v) is 3.67. The van der Waals surface area contributed by atoms with Gasteiger partial charge in [-0.15, -0.1) is 6.42 Å². The molecule has 0 heterocycles. The lowest BCUT2D eigenvalue weighted by Gasteiger charge is -2.05. The summed E-state index contributed by atoms with van der Waals surface area (Å²) in [7, 11) is 0. The molecule has 2 N–H and O–H groups in total. The molecule has 0 aromatic heterocycles. The number of hydrogen-bond acceptors (Lipinski definition) is 4. The first-order valence-electron chi connectivity index (χ1n) is 3.67. The van der Waals surface area contributed by atoms with Crippen LogP contribution in [-0.2, 0) is 0 Å². The van der Waals surface area contributed by atoms with Crippen LogP contribution in [0.3, 0.4) is 0 Å². The molecule has 1 rings (SSSR count). The third-order valence-electron chi connectivity index (χ3n) is 1.67. The van der Waals surface area contributed by atoms with Gasteiger partial charge in [-0.3, -0.25) is 10.1 Å². The average molecular weight is 193 g/mol. The zero-order valence-electron chi connectivity index (χ0n) is 7.04. The van der Waals surface area contributed by atoms with E-state index in [-0.39, 0.29) is 17.0 Å². The summed E-state index contributed by atoms with van der Waals surface area (Å²) in [4.78, 5) is 9.73. The smallest absolute Gasteiger partial charge is 0.270 e. The molecule has 0 aliphatic carbocycles. The fraction of sp³-hybridized carbons (Fsp3) is 0.111. The predicted octanol–water partition coefficient (Wildman–Crippen LogP) is 0.967. The molecule has 0 radical (unpaired) electrons. The Hall–Kier alpha value is -2.06. The van der Waals surface area contributed by atoms with Crippen LogP contribution in [0.2, 0.25) is 0 Å².